The van der Waals surface area contributed by atoms with Gasteiger partial charge in [-0.1, -0.05) is 66.7 Å². The Balaban J connectivity index is 1.64. The molecule has 0 aliphatic rings. The lowest BCUT2D eigenvalue weighted by Crippen LogP contribution is -2.30. The maximum atomic E-state index is 12.6. The molecule has 0 spiro atoms. The Labute approximate surface area is 200 Å². The van der Waals surface area contributed by atoms with E-state index in [4.69, 9.17) is 14.2 Å². The first-order valence-corrected chi connectivity index (χ1v) is 11.3. The molecule has 0 aliphatic carbocycles. The lowest BCUT2D eigenvalue weighted by molar-refractivity contribution is -0.149. The molecule has 3 rings (SSSR count). The second-order valence-electron chi connectivity index (χ2n) is 7.87. The number of nitrogens with one attached hydrogen (secondary N) is 1. The van der Waals surface area contributed by atoms with Crippen molar-refractivity contribution >= 4 is 11.9 Å². The molecule has 0 aliphatic heterocycles. The van der Waals surface area contributed by atoms with Gasteiger partial charge in [0, 0.05) is 12.8 Å². The summed E-state index contributed by atoms with van der Waals surface area (Å²) in [4.78, 5) is 25.1. The summed E-state index contributed by atoms with van der Waals surface area (Å²) in [6.45, 7) is 0.167. The molecule has 6 heteroatoms. The molecule has 0 unspecified atom stereocenters. The second kappa shape index (κ2) is 13.0. The maximum Gasteiger partial charge on any atom is 0.306 e. The number of hydrogen-bond donors (Lipinski definition) is 1. The number of benzene rings is 3. The third-order valence-electron chi connectivity index (χ3n) is 5.48. The minimum atomic E-state index is -0.649. The standard InChI is InChI=1S/C28H31NO5/c1-32-24-16-15-23(19-25(24)33-2)26(34-28(31)18-14-22-11-7-4-8-12-22)20-29-27(30)17-13-21-9-5-3-6-10-21/h3-12,15-16,19,26H,13-14,17-18,20H2,1-2H3,(H,29,30)/t26-/m1/s1. The van der Waals surface area contributed by atoms with E-state index in [1.165, 1.54) is 0 Å². The number of amides is 1. The van der Waals surface area contributed by atoms with Gasteiger partial charge in [-0.05, 0) is 41.7 Å². The quantitative estimate of drug-likeness (QED) is 0.397. The predicted molar refractivity (Wildman–Crippen MR) is 131 cm³/mol. The molecule has 178 valence electrons. The minimum Gasteiger partial charge on any atom is -0.493 e. The smallest absolute Gasteiger partial charge is 0.306 e. The molecule has 34 heavy (non-hydrogen) atoms. The minimum absolute atomic E-state index is 0.102. The number of esters is 1. The highest BCUT2D eigenvalue weighted by molar-refractivity contribution is 5.76. The summed E-state index contributed by atoms with van der Waals surface area (Å²) < 4.78 is 16.5. The number of hydrogen-bond acceptors (Lipinski definition) is 5. The van der Waals surface area contributed by atoms with Crippen molar-refractivity contribution < 1.29 is 23.8 Å². The molecule has 3 aromatic rings. The van der Waals surface area contributed by atoms with E-state index in [-0.39, 0.29) is 24.8 Å². The van der Waals surface area contributed by atoms with Gasteiger partial charge in [0.2, 0.25) is 5.91 Å². The molecule has 0 bridgehead atoms. The van der Waals surface area contributed by atoms with E-state index in [9.17, 15) is 9.59 Å². The molecule has 1 N–H and O–H groups in total. The Morgan fingerprint density at radius 2 is 1.35 bits per heavy atom. The molecule has 0 heterocycles. The Morgan fingerprint density at radius 3 is 1.94 bits per heavy atom. The van der Waals surface area contributed by atoms with Gasteiger partial charge in [0.05, 0.1) is 20.8 Å². The first-order chi connectivity index (χ1) is 16.6. The molecule has 0 saturated carbocycles. The third-order valence-corrected chi connectivity index (χ3v) is 5.48. The number of methoxy groups -OCH3 is 2. The van der Waals surface area contributed by atoms with Crippen molar-refractivity contribution in [1.82, 2.24) is 5.32 Å². The second-order valence-corrected chi connectivity index (χ2v) is 7.87. The molecule has 1 amide bonds. The topological polar surface area (TPSA) is 73.9 Å². The molecule has 6 nitrogen and oxygen atoms in total. The summed E-state index contributed by atoms with van der Waals surface area (Å²) in [5.41, 5.74) is 2.88. The molecule has 1 atom stereocenters. The Morgan fingerprint density at radius 1 is 0.765 bits per heavy atom. The van der Waals surface area contributed by atoms with Gasteiger partial charge in [-0.3, -0.25) is 9.59 Å². The monoisotopic (exact) mass is 461 g/mol. The number of ether oxygens (including phenoxy) is 3. The molecule has 3 aromatic carbocycles. The summed E-state index contributed by atoms with van der Waals surface area (Å²) in [5.74, 6) is 0.671. The third kappa shape index (κ3) is 7.66. The zero-order valence-corrected chi connectivity index (χ0v) is 19.7. The zero-order chi connectivity index (χ0) is 24.2. The van der Waals surface area contributed by atoms with E-state index in [1.807, 2.05) is 66.7 Å². The van der Waals surface area contributed by atoms with Crippen LogP contribution in [0.15, 0.2) is 78.9 Å². The molecular formula is C28H31NO5. The fourth-order valence-corrected chi connectivity index (χ4v) is 3.59. The average molecular weight is 462 g/mol. The Hall–Kier alpha value is -3.80. The number of rotatable bonds is 12. The summed E-state index contributed by atoms with van der Waals surface area (Å²) in [7, 11) is 3.11. The average Bonchev–Trinajstić information content (AvgIpc) is 2.89. The summed E-state index contributed by atoms with van der Waals surface area (Å²) in [5, 5.41) is 2.91. The highest BCUT2D eigenvalue weighted by atomic mass is 16.5. The van der Waals surface area contributed by atoms with Crippen molar-refractivity contribution in [2.75, 3.05) is 20.8 Å². The maximum absolute atomic E-state index is 12.6. The van der Waals surface area contributed by atoms with Crippen LogP contribution in [0.1, 0.15) is 35.6 Å². The van der Waals surface area contributed by atoms with Crippen LogP contribution in [0.5, 0.6) is 11.5 Å². The van der Waals surface area contributed by atoms with Crippen LogP contribution in [0.2, 0.25) is 0 Å². The largest absolute Gasteiger partial charge is 0.493 e. The van der Waals surface area contributed by atoms with Crippen molar-refractivity contribution in [3.63, 3.8) is 0 Å². The van der Waals surface area contributed by atoms with Crippen molar-refractivity contribution in [3.05, 3.63) is 95.6 Å². The summed E-state index contributed by atoms with van der Waals surface area (Å²) in [6.07, 6.45) is 1.18. The molecule has 0 saturated heterocycles. The summed E-state index contributed by atoms with van der Waals surface area (Å²) in [6, 6.07) is 25.0. The van der Waals surface area contributed by atoms with Crippen LogP contribution in [-0.4, -0.2) is 32.6 Å². The van der Waals surface area contributed by atoms with Crippen LogP contribution >= 0.6 is 0 Å². The van der Waals surface area contributed by atoms with Gasteiger partial charge >= 0.3 is 5.97 Å². The van der Waals surface area contributed by atoms with Gasteiger partial charge < -0.3 is 19.5 Å². The van der Waals surface area contributed by atoms with E-state index in [2.05, 4.69) is 5.32 Å². The highest BCUT2D eigenvalue weighted by Crippen LogP contribution is 2.31. The number of carbonyl (C=O) groups is 2. The van der Waals surface area contributed by atoms with Crippen LogP contribution in [0, 0.1) is 0 Å². The fraction of sp³-hybridized carbons (Fsp3) is 0.286. The summed E-state index contributed by atoms with van der Waals surface area (Å²) >= 11 is 0. The van der Waals surface area contributed by atoms with Gasteiger partial charge in [-0.15, -0.1) is 0 Å². The van der Waals surface area contributed by atoms with Crippen LogP contribution < -0.4 is 14.8 Å². The van der Waals surface area contributed by atoms with E-state index in [0.29, 0.717) is 36.3 Å². The lowest BCUT2D eigenvalue weighted by atomic mass is 10.1. The van der Waals surface area contributed by atoms with Crippen molar-refractivity contribution in [3.8, 4) is 11.5 Å². The molecular weight excluding hydrogens is 430 g/mol. The van der Waals surface area contributed by atoms with E-state index in [1.54, 1.807) is 26.4 Å². The van der Waals surface area contributed by atoms with Crippen molar-refractivity contribution in [2.24, 2.45) is 0 Å². The molecule has 0 fully saturated rings. The number of aryl methyl sites for hydroxylation is 2. The fourth-order valence-electron chi connectivity index (χ4n) is 3.59. The predicted octanol–water partition coefficient (Wildman–Crippen LogP) is 4.67. The van der Waals surface area contributed by atoms with Crippen LogP contribution in [0.4, 0.5) is 0 Å². The SMILES string of the molecule is COc1ccc([C@@H](CNC(=O)CCc2ccccc2)OC(=O)CCc2ccccc2)cc1OC. The van der Waals surface area contributed by atoms with Gasteiger partial charge in [0.15, 0.2) is 11.5 Å². The van der Waals surface area contributed by atoms with E-state index >= 15 is 0 Å². The van der Waals surface area contributed by atoms with Gasteiger partial charge in [0.1, 0.15) is 6.10 Å². The zero-order valence-electron chi connectivity index (χ0n) is 19.7. The molecule has 0 aromatic heterocycles. The highest BCUT2D eigenvalue weighted by Gasteiger charge is 2.20. The van der Waals surface area contributed by atoms with Gasteiger partial charge in [0.25, 0.3) is 0 Å². The van der Waals surface area contributed by atoms with Gasteiger partial charge in [-0.2, -0.15) is 0 Å². The first kappa shape index (κ1) is 24.8. The Kier molecular flexibility index (Phi) is 9.52. The van der Waals surface area contributed by atoms with Crippen molar-refractivity contribution in [2.45, 2.75) is 31.8 Å². The first-order valence-electron chi connectivity index (χ1n) is 11.3. The number of carbonyl (C=O) groups excluding carboxylic acids is 2. The Bertz CT molecular complexity index is 1050. The van der Waals surface area contributed by atoms with Crippen LogP contribution in [0.3, 0.4) is 0 Å². The molecule has 0 radical (unpaired) electrons. The van der Waals surface area contributed by atoms with Gasteiger partial charge in [-0.25, -0.2) is 0 Å². The van der Waals surface area contributed by atoms with E-state index < -0.39 is 6.10 Å². The van der Waals surface area contributed by atoms with Crippen LogP contribution in [-0.2, 0) is 27.2 Å². The van der Waals surface area contributed by atoms with Crippen LogP contribution in [0.25, 0.3) is 0 Å². The van der Waals surface area contributed by atoms with E-state index in [0.717, 1.165) is 11.1 Å². The normalized spacial score (nSPS) is 11.4. The lowest BCUT2D eigenvalue weighted by Gasteiger charge is -2.20. The van der Waals surface area contributed by atoms with Crippen molar-refractivity contribution in [1.29, 1.82) is 0 Å².